The molecule has 3 aromatic rings. The maximum atomic E-state index is 13.2. The number of aromatic nitrogens is 2. The largest absolute Gasteiger partial charge is 0.489 e. The molecule has 1 aromatic heterocycles. The van der Waals surface area contributed by atoms with E-state index in [9.17, 15) is 18.3 Å². The van der Waals surface area contributed by atoms with Gasteiger partial charge in [0.2, 0.25) is 0 Å². The third kappa shape index (κ3) is 4.43. The van der Waals surface area contributed by atoms with E-state index in [1.807, 2.05) is 12.1 Å². The summed E-state index contributed by atoms with van der Waals surface area (Å²) in [7, 11) is 1.42. The number of aliphatic hydroxyl groups is 1. The van der Waals surface area contributed by atoms with Gasteiger partial charge in [-0.3, -0.25) is 4.68 Å². The molecule has 0 amide bonds. The van der Waals surface area contributed by atoms with Gasteiger partial charge in [0.1, 0.15) is 12.4 Å². The van der Waals surface area contributed by atoms with E-state index < -0.39 is 18.5 Å². The Morgan fingerprint density at radius 2 is 1.81 bits per heavy atom. The summed E-state index contributed by atoms with van der Waals surface area (Å²) in [5.41, 5.74) is 0.396. The van der Waals surface area contributed by atoms with E-state index in [4.69, 9.17) is 16.3 Å². The molecule has 0 radical (unpaired) electrons. The van der Waals surface area contributed by atoms with Crippen LogP contribution in [0.4, 0.5) is 13.2 Å². The monoisotopic (exact) mass is 396 g/mol. The van der Waals surface area contributed by atoms with Crippen molar-refractivity contribution >= 4 is 11.6 Å². The molecule has 0 spiro atoms. The minimum absolute atomic E-state index is 0.0849. The van der Waals surface area contributed by atoms with Crippen LogP contribution in [0.2, 0.25) is 5.02 Å². The van der Waals surface area contributed by atoms with Crippen molar-refractivity contribution < 1.29 is 23.0 Å². The van der Waals surface area contributed by atoms with Crippen molar-refractivity contribution in [3.63, 3.8) is 0 Å². The molecule has 0 saturated carbocycles. The Bertz CT molecular complexity index is 937. The molecule has 0 aliphatic heterocycles. The molecule has 2 aromatic carbocycles. The van der Waals surface area contributed by atoms with E-state index >= 15 is 0 Å². The molecule has 8 heteroatoms. The number of nitrogens with zero attached hydrogens (tertiary/aromatic N) is 2. The topological polar surface area (TPSA) is 47.3 Å². The summed E-state index contributed by atoms with van der Waals surface area (Å²) >= 11 is 5.84. The first-order valence-corrected chi connectivity index (χ1v) is 8.38. The number of ether oxygens (including phenoxy) is 1. The molecule has 27 heavy (non-hydrogen) atoms. The Morgan fingerprint density at radius 1 is 1.11 bits per heavy atom. The molecule has 3 rings (SSSR count). The number of aliphatic hydroxyl groups excluding tert-OH is 1. The summed E-state index contributed by atoms with van der Waals surface area (Å²) in [4.78, 5) is 0. The van der Waals surface area contributed by atoms with Crippen molar-refractivity contribution in [3.8, 4) is 16.9 Å². The second-order valence-corrected chi connectivity index (χ2v) is 6.39. The molecule has 4 nitrogen and oxygen atoms in total. The fraction of sp³-hybridized carbons (Fsp3) is 0.211. The minimum atomic E-state index is -4.59. The van der Waals surface area contributed by atoms with E-state index in [0.29, 0.717) is 16.3 Å². The smallest absolute Gasteiger partial charge is 0.435 e. The lowest BCUT2D eigenvalue weighted by molar-refractivity contribution is -0.140. The lowest BCUT2D eigenvalue weighted by Gasteiger charge is -2.12. The van der Waals surface area contributed by atoms with Gasteiger partial charge in [0.15, 0.2) is 5.69 Å². The Labute approximate surface area is 158 Å². The average molecular weight is 397 g/mol. The van der Waals surface area contributed by atoms with E-state index in [0.717, 1.165) is 10.2 Å². The first-order chi connectivity index (χ1) is 12.8. The van der Waals surface area contributed by atoms with Gasteiger partial charge in [-0.2, -0.15) is 18.3 Å². The van der Waals surface area contributed by atoms with E-state index in [1.54, 1.807) is 18.2 Å². The zero-order valence-electron chi connectivity index (χ0n) is 14.3. The average Bonchev–Trinajstić information content (AvgIpc) is 3.03. The summed E-state index contributed by atoms with van der Waals surface area (Å²) in [6, 6.07) is 11.7. The molecule has 0 fully saturated rings. The van der Waals surface area contributed by atoms with Crippen LogP contribution >= 0.6 is 11.6 Å². The van der Waals surface area contributed by atoms with Crippen LogP contribution in [0, 0.1) is 0 Å². The fourth-order valence-corrected chi connectivity index (χ4v) is 2.82. The molecular weight excluding hydrogens is 381 g/mol. The van der Waals surface area contributed by atoms with Crippen LogP contribution in [0.1, 0.15) is 16.8 Å². The van der Waals surface area contributed by atoms with Crippen LogP contribution in [0.3, 0.4) is 0 Å². The van der Waals surface area contributed by atoms with Gasteiger partial charge in [0.05, 0.1) is 6.61 Å². The van der Waals surface area contributed by atoms with Crippen LogP contribution in [-0.2, 0) is 26.4 Å². The van der Waals surface area contributed by atoms with E-state index in [1.165, 1.54) is 25.4 Å². The summed E-state index contributed by atoms with van der Waals surface area (Å²) in [6.07, 6.45) is -3.31. The highest BCUT2D eigenvalue weighted by molar-refractivity contribution is 6.30. The van der Waals surface area contributed by atoms with Gasteiger partial charge in [-0.15, -0.1) is 0 Å². The van der Waals surface area contributed by atoms with Crippen molar-refractivity contribution in [3.05, 3.63) is 70.5 Å². The van der Waals surface area contributed by atoms with Gasteiger partial charge in [0.25, 0.3) is 0 Å². The highest BCUT2D eigenvalue weighted by atomic mass is 35.5. The highest BCUT2D eigenvalue weighted by Crippen LogP contribution is 2.38. The minimum Gasteiger partial charge on any atom is -0.489 e. The van der Waals surface area contributed by atoms with Gasteiger partial charge in [-0.1, -0.05) is 29.8 Å². The predicted octanol–water partition coefficient (Wildman–Crippen LogP) is 4.83. The van der Waals surface area contributed by atoms with Crippen molar-refractivity contribution in [1.29, 1.82) is 0 Å². The summed E-state index contributed by atoms with van der Waals surface area (Å²) in [5.74, 6) is 0.440. The number of aryl methyl sites for hydroxylation is 1. The number of alkyl halides is 3. The normalized spacial score (nSPS) is 11.6. The Balaban J connectivity index is 1.88. The Kier molecular flexibility index (Phi) is 5.43. The lowest BCUT2D eigenvalue weighted by Crippen LogP contribution is -2.08. The third-order valence-electron chi connectivity index (χ3n) is 3.95. The van der Waals surface area contributed by atoms with Crippen molar-refractivity contribution in [2.24, 2.45) is 7.05 Å². The first kappa shape index (κ1) is 19.3. The molecule has 142 valence electrons. The van der Waals surface area contributed by atoms with Crippen molar-refractivity contribution in [2.75, 3.05) is 0 Å². The summed E-state index contributed by atoms with van der Waals surface area (Å²) in [6.45, 7) is -0.165. The van der Waals surface area contributed by atoms with Crippen molar-refractivity contribution in [2.45, 2.75) is 19.4 Å². The molecule has 0 bridgehead atoms. The van der Waals surface area contributed by atoms with Crippen LogP contribution < -0.4 is 4.74 Å². The second kappa shape index (κ2) is 7.62. The number of benzene rings is 2. The van der Waals surface area contributed by atoms with Gasteiger partial charge >= 0.3 is 6.18 Å². The molecule has 0 aliphatic rings. The van der Waals surface area contributed by atoms with Crippen LogP contribution in [0.25, 0.3) is 11.1 Å². The van der Waals surface area contributed by atoms with Crippen LogP contribution in [-0.4, -0.2) is 14.9 Å². The zero-order valence-corrected chi connectivity index (χ0v) is 15.1. The third-order valence-corrected chi connectivity index (χ3v) is 4.21. The predicted molar refractivity (Wildman–Crippen MR) is 95.4 cm³/mol. The maximum Gasteiger partial charge on any atom is 0.435 e. The van der Waals surface area contributed by atoms with Gasteiger partial charge in [-0.25, -0.2) is 0 Å². The molecule has 0 atom stereocenters. The fourth-order valence-electron chi connectivity index (χ4n) is 2.70. The van der Waals surface area contributed by atoms with E-state index in [-0.39, 0.29) is 17.7 Å². The van der Waals surface area contributed by atoms with Gasteiger partial charge in [-0.05, 0) is 41.0 Å². The van der Waals surface area contributed by atoms with Crippen LogP contribution in [0.15, 0.2) is 48.7 Å². The number of hydrogen-bond donors (Lipinski definition) is 1. The quantitative estimate of drug-likeness (QED) is 0.672. The molecule has 1 heterocycles. The maximum absolute atomic E-state index is 13.2. The van der Waals surface area contributed by atoms with Gasteiger partial charge < -0.3 is 9.84 Å². The number of halogens is 4. The summed E-state index contributed by atoms with van der Waals surface area (Å²) in [5, 5.41) is 13.8. The SMILES string of the molecule is Cn1cc(-c2ccc(OCc3ccc(Cl)cc3)cc2CO)c(C(F)(F)F)n1. The molecule has 0 aliphatic carbocycles. The first-order valence-electron chi connectivity index (χ1n) is 8.00. The Hall–Kier alpha value is -2.51. The molecule has 0 unspecified atom stereocenters. The molecule has 0 saturated heterocycles. The zero-order chi connectivity index (χ0) is 19.6. The molecule has 1 N–H and O–H groups in total. The number of hydrogen-bond acceptors (Lipinski definition) is 3. The highest BCUT2D eigenvalue weighted by Gasteiger charge is 2.37. The standard InChI is InChI=1S/C19H16ClF3N2O2/c1-25-9-17(18(24-25)19(21,22)23)16-7-6-15(8-13(16)10-26)27-11-12-2-4-14(20)5-3-12/h2-9,26H,10-11H2,1H3. The number of rotatable bonds is 5. The van der Waals surface area contributed by atoms with Crippen molar-refractivity contribution in [1.82, 2.24) is 9.78 Å². The molecular formula is C19H16ClF3N2O2. The van der Waals surface area contributed by atoms with Gasteiger partial charge in [0, 0.05) is 23.8 Å². The summed E-state index contributed by atoms with van der Waals surface area (Å²) < 4.78 is 46.5. The van der Waals surface area contributed by atoms with Crippen LogP contribution in [0.5, 0.6) is 5.75 Å². The van der Waals surface area contributed by atoms with E-state index in [2.05, 4.69) is 5.10 Å². The lowest BCUT2D eigenvalue weighted by atomic mass is 10.00. The second-order valence-electron chi connectivity index (χ2n) is 5.96. The Morgan fingerprint density at radius 3 is 2.44 bits per heavy atom.